The third kappa shape index (κ3) is 7.16. The molecule has 0 aliphatic carbocycles. The number of hydrogen-bond acceptors (Lipinski definition) is 11. The number of benzene rings is 1. The number of aromatic carboxylic acids is 1. The highest BCUT2D eigenvalue weighted by Gasteiger charge is 2.19. The van der Waals surface area contributed by atoms with Crippen molar-refractivity contribution in [3.05, 3.63) is 46.5 Å². The van der Waals surface area contributed by atoms with Crippen molar-refractivity contribution in [3.8, 4) is 0 Å². The van der Waals surface area contributed by atoms with Crippen molar-refractivity contribution >= 4 is 55.8 Å². The Morgan fingerprint density at radius 1 is 1.13 bits per heavy atom. The second-order valence-corrected chi connectivity index (χ2v) is 11.9. The molecule has 1 fully saturated rings. The predicted molar refractivity (Wildman–Crippen MR) is 145 cm³/mol. The van der Waals surface area contributed by atoms with Gasteiger partial charge < -0.3 is 20.6 Å². The highest BCUT2D eigenvalue weighted by atomic mass is 32.2. The highest BCUT2D eigenvalue weighted by Crippen LogP contribution is 2.26. The van der Waals surface area contributed by atoms with Gasteiger partial charge in [0.1, 0.15) is 16.5 Å². The van der Waals surface area contributed by atoms with Gasteiger partial charge in [0, 0.05) is 44.9 Å². The normalized spacial score (nSPS) is 13.5. The topological polar surface area (TPSA) is 167 Å². The largest absolute Gasteiger partial charge is 0.477 e. The average molecular weight is 560 g/mol. The molecular weight excluding hydrogens is 530 g/mol. The summed E-state index contributed by atoms with van der Waals surface area (Å²) in [5.41, 5.74) is 1.25. The average Bonchev–Trinajstić information content (AvgIpc) is 3.44. The number of carboxylic acid groups (broad SMARTS) is 1. The minimum absolute atomic E-state index is 0.133. The zero-order chi connectivity index (χ0) is 27.3. The van der Waals surface area contributed by atoms with Crippen LogP contribution in [-0.4, -0.2) is 71.1 Å². The summed E-state index contributed by atoms with van der Waals surface area (Å²) in [6, 6.07) is 8.32. The molecule has 3 heterocycles. The Bertz CT molecular complexity index is 1420. The van der Waals surface area contributed by atoms with E-state index in [2.05, 4.69) is 30.9 Å². The van der Waals surface area contributed by atoms with E-state index in [0.717, 1.165) is 42.5 Å². The van der Waals surface area contributed by atoms with Gasteiger partial charge in [0.05, 0.1) is 10.6 Å². The molecule has 4 rings (SSSR count). The maximum Gasteiger partial charge on any atom is 0.347 e. The first-order valence-electron chi connectivity index (χ1n) is 12.0. The van der Waals surface area contributed by atoms with Gasteiger partial charge in [0.25, 0.3) is 0 Å². The summed E-state index contributed by atoms with van der Waals surface area (Å²) in [4.78, 5) is 38.7. The molecule has 1 saturated heterocycles. The lowest BCUT2D eigenvalue weighted by Crippen LogP contribution is -2.27. The van der Waals surface area contributed by atoms with E-state index >= 15 is 0 Å². The number of thiazole rings is 1. The van der Waals surface area contributed by atoms with Crippen LogP contribution >= 0.6 is 11.3 Å². The second kappa shape index (κ2) is 11.7. The minimum atomic E-state index is -3.28. The molecule has 3 aromatic rings. The molecule has 1 aromatic carbocycles. The van der Waals surface area contributed by atoms with E-state index in [1.807, 2.05) is 4.90 Å². The van der Waals surface area contributed by atoms with E-state index in [1.165, 1.54) is 0 Å². The molecule has 1 aliphatic rings. The van der Waals surface area contributed by atoms with Crippen LogP contribution < -0.4 is 16.0 Å². The standard InChI is InChI=1S/C24H29N7O5S2/c1-15-21(22(33)34)37-24(27-15)30-23-28-18(25-10-4-12-31-11-3-5-20(31)32)13-19(29-23)26-14-16-6-8-17(9-7-16)38(2,35)36/h6-9,13H,3-5,10-12,14H2,1-2H3,(H,33,34)(H3,25,26,27,28,29,30). The van der Waals surface area contributed by atoms with Gasteiger partial charge in [-0.05, 0) is 37.5 Å². The number of likely N-dealkylation sites (tertiary alicyclic amines) is 1. The first-order valence-corrected chi connectivity index (χ1v) is 14.7. The highest BCUT2D eigenvalue weighted by molar-refractivity contribution is 7.90. The summed E-state index contributed by atoms with van der Waals surface area (Å²) >= 11 is 0.994. The number of nitrogens with one attached hydrogen (secondary N) is 3. The van der Waals surface area contributed by atoms with Crippen molar-refractivity contribution in [2.75, 3.05) is 41.8 Å². The summed E-state index contributed by atoms with van der Waals surface area (Å²) in [6.45, 7) is 4.07. The Hall–Kier alpha value is -3.78. The number of amides is 1. The molecule has 2 aromatic heterocycles. The minimum Gasteiger partial charge on any atom is -0.477 e. The van der Waals surface area contributed by atoms with Crippen LogP contribution in [0.5, 0.6) is 0 Å². The fraction of sp³-hybridized carbons (Fsp3) is 0.375. The van der Waals surface area contributed by atoms with E-state index in [9.17, 15) is 23.1 Å². The Labute approximate surface area is 224 Å². The van der Waals surface area contributed by atoms with Gasteiger partial charge in [-0.2, -0.15) is 9.97 Å². The van der Waals surface area contributed by atoms with Crippen molar-refractivity contribution in [2.45, 2.75) is 37.6 Å². The van der Waals surface area contributed by atoms with Gasteiger partial charge in [0.2, 0.25) is 11.9 Å². The number of sulfone groups is 1. The van der Waals surface area contributed by atoms with E-state index in [-0.39, 0.29) is 21.6 Å². The number of anilines is 4. The SMILES string of the molecule is Cc1nc(Nc2nc(NCCCN3CCCC3=O)cc(NCc3ccc(S(C)(=O)=O)cc3)n2)sc1C(=O)O. The lowest BCUT2D eigenvalue weighted by Gasteiger charge is -2.16. The maximum absolute atomic E-state index is 11.8. The summed E-state index contributed by atoms with van der Waals surface area (Å²) < 4.78 is 23.4. The summed E-state index contributed by atoms with van der Waals surface area (Å²) in [6.07, 6.45) is 3.43. The van der Waals surface area contributed by atoms with Crippen LogP contribution in [0.25, 0.3) is 0 Å². The molecule has 0 unspecified atom stereocenters. The van der Waals surface area contributed by atoms with Crippen LogP contribution in [0, 0.1) is 6.92 Å². The quantitative estimate of drug-likeness (QED) is 0.241. The number of nitrogens with zero attached hydrogens (tertiary/aromatic N) is 4. The molecule has 12 nitrogen and oxygen atoms in total. The summed E-state index contributed by atoms with van der Waals surface area (Å²) in [5.74, 6) is 0.403. The van der Waals surface area contributed by atoms with E-state index in [0.29, 0.717) is 48.5 Å². The Morgan fingerprint density at radius 2 is 1.84 bits per heavy atom. The van der Waals surface area contributed by atoms with Crippen molar-refractivity contribution < 1.29 is 23.1 Å². The van der Waals surface area contributed by atoms with Crippen molar-refractivity contribution in [1.29, 1.82) is 0 Å². The van der Waals surface area contributed by atoms with Crippen LogP contribution in [0.1, 0.15) is 40.2 Å². The first kappa shape index (κ1) is 27.3. The van der Waals surface area contributed by atoms with Gasteiger partial charge in [-0.1, -0.05) is 23.5 Å². The van der Waals surface area contributed by atoms with Gasteiger partial charge in [-0.15, -0.1) is 0 Å². The smallest absolute Gasteiger partial charge is 0.347 e. The lowest BCUT2D eigenvalue weighted by molar-refractivity contribution is -0.127. The van der Waals surface area contributed by atoms with Crippen LogP contribution in [-0.2, 0) is 21.2 Å². The molecular formula is C24H29N7O5S2. The number of aromatic nitrogens is 3. The zero-order valence-corrected chi connectivity index (χ0v) is 22.7. The number of carbonyl (C=O) groups excluding carboxylic acids is 1. The molecule has 14 heteroatoms. The van der Waals surface area contributed by atoms with E-state index in [1.54, 1.807) is 37.3 Å². The Morgan fingerprint density at radius 3 is 2.45 bits per heavy atom. The van der Waals surface area contributed by atoms with Crippen LogP contribution in [0.2, 0.25) is 0 Å². The van der Waals surface area contributed by atoms with E-state index < -0.39 is 15.8 Å². The molecule has 0 saturated carbocycles. The molecule has 0 bridgehead atoms. The molecule has 0 spiro atoms. The van der Waals surface area contributed by atoms with Gasteiger partial charge in [-0.3, -0.25) is 10.1 Å². The molecule has 38 heavy (non-hydrogen) atoms. The number of hydrogen-bond donors (Lipinski definition) is 4. The molecule has 0 radical (unpaired) electrons. The Kier molecular flexibility index (Phi) is 8.42. The van der Waals surface area contributed by atoms with Crippen molar-refractivity contribution in [1.82, 2.24) is 19.9 Å². The molecule has 1 aliphatic heterocycles. The van der Waals surface area contributed by atoms with Crippen molar-refractivity contribution in [3.63, 3.8) is 0 Å². The number of carboxylic acids is 1. The predicted octanol–water partition coefficient (Wildman–Crippen LogP) is 3.12. The number of carbonyl (C=O) groups is 2. The fourth-order valence-corrected chi connectivity index (χ4v) is 5.33. The van der Waals surface area contributed by atoms with Crippen LogP contribution in [0.15, 0.2) is 35.2 Å². The molecule has 0 atom stereocenters. The zero-order valence-electron chi connectivity index (χ0n) is 21.0. The third-order valence-corrected chi connectivity index (χ3v) is 8.03. The van der Waals surface area contributed by atoms with Crippen molar-refractivity contribution in [2.24, 2.45) is 0 Å². The Balaban J connectivity index is 1.47. The monoisotopic (exact) mass is 559 g/mol. The molecule has 1 amide bonds. The summed E-state index contributed by atoms with van der Waals surface area (Å²) in [7, 11) is -3.28. The second-order valence-electron chi connectivity index (χ2n) is 8.86. The van der Waals surface area contributed by atoms with E-state index in [4.69, 9.17) is 0 Å². The van der Waals surface area contributed by atoms with Gasteiger partial charge in [0.15, 0.2) is 15.0 Å². The van der Waals surface area contributed by atoms with Gasteiger partial charge in [-0.25, -0.2) is 18.2 Å². The summed E-state index contributed by atoms with van der Waals surface area (Å²) in [5, 5.41) is 19.1. The first-order chi connectivity index (χ1) is 18.1. The van der Waals surface area contributed by atoms with Gasteiger partial charge >= 0.3 is 5.97 Å². The molecule has 4 N–H and O–H groups in total. The number of rotatable bonds is 12. The molecule has 202 valence electrons. The van der Waals surface area contributed by atoms with Crippen LogP contribution in [0.3, 0.4) is 0 Å². The maximum atomic E-state index is 11.8. The van der Waals surface area contributed by atoms with Crippen LogP contribution in [0.4, 0.5) is 22.7 Å². The number of aryl methyl sites for hydroxylation is 1. The fourth-order valence-electron chi connectivity index (χ4n) is 3.90. The third-order valence-electron chi connectivity index (χ3n) is 5.84. The lowest BCUT2D eigenvalue weighted by atomic mass is 10.2.